The highest BCUT2D eigenvalue weighted by atomic mass is 79.9. The van der Waals surface area contributed by atoms with Crippen LogP contribution in [0.1, 0.15) is 10.5 Å². The van der Waals surface area contributed by atoms with Gasteiger partial charge in [-0.1, -0.05) is 33.6 Å². The predicted octanol–water partition coefficient (Wildman–Crippen LogP) is 3.29. The zero-order valence-corrected chi connectivity index (χ0v) is 10.1. The number of rotatable bonds is 1. The van der Waals surface area contributed by atoms with Gasteiger partial charge in [0, 0.05) is 16.9 Å². The lowest BCUT2D eigenvalue weighted by molar-refractivity contribution is 0.0687. The molecule has 0 bridgehead atoms. The maximum Gasteiger partial charge on any atom is 0.354 e. The van der Waals surface area contributed by atoms with Crippen molar-refractivity contribution in [1.82, 2.24) is 4.57 Å². The summed E-state index contributed by atoms with van der Waals surface area (Å²) in [5, 5.41) is 10.0. The van der Waals surface area contributed by atoms with Crippen LogP contribution in [0.2, 0.25) is 5.02 Å². The Balaban J connectivity index is 2.91. The summed E-state index contributed by atoms with van der Waals surface area (Å²) in [6, 6.07) is 5.47. The van der Waals surface area contributed by atoms with Crippen molar-refractivity contribution in [2.45, 2.75) is 0 Å². The van der Waals surface area contributed by atoms with Gasteiger partial charge in [-0.2, -0.15) is 0 Å². The fourth-order valence-corrected chi connectivity index (χ4v) is 2.32. The Morgan fingerprint density at radius 1 is 1.53 bits per heavy atom. The van der Waals surface area contributed by atoms with Gasteiger partial charge in [-0.05, 0) is 12.1 Å². The van der Waals surface area contributed by atoms with E-state index < -0.39 is 5.97 Å². The van der Waals surface area contributed by atoms with Gasteiger partial charge in [-0.15, -0.1) is 0 Å². The SMILES string of the molecule is Cn1c(C(=O)O)c(Cl)c2ccc(Br)cc21. The Kier molecular flexibility index (Phi) is 2.48. The first-order valence-corrected chi connectivity index (χ1v) is 5.36. The smallest absolute Gasteiger partial charge is 0.354 e. The lowest BCUT2D eigenvalue weighted by atomic mass is 10.2. The standard InChI is InChI=1S/C10H7BrClNO2/c1-13-7-4-5(11)2-3-6(7)8(12)9(13)10(14)15/h2-4H,1H3,(H,14,15). The van der Waals surface area contributed by atoms with E-state index in [4.69, 9.17) is 16.7 Å². The number of carboxylic acids is 1. The molecule has 15 heavy (non-hydrogen) atoms. The van der Waals surface area contributed by atoms with E-state index in [1.807, 2.05) is 12.1 Å². The predicted molar refractivity (Wildman–Crippen MR) is 62.6 cm³/mol. The molecule has 0 unspecified atom stereocenters. The van der Waals surface area contributed by atoms with Crippen LogP contribution < -0.4 is 0 Å². The summed E-state index contributed by atoms with van der Waals surface area (Å²) >= 11 is 9.33. The topological polar surface area (TPSA) is 42.2 Å². The van der Waals surface area contributed by atoms with Crippen molar-refractivity contribution < 1.29 is 9.90 Å². The number of benzene rings is 1. The van der Waals surface area contributed by atoms with Crippen LogP contribution in [-0.4, -0.2) is 15.6 Å². The molecule has 0 aliphatic heterocycles. The molecule has 1 heterocycles. The third-order valence-electron chi connectivity index (χ3n) is 2.30. The van der Waals surface area contributed by atoms with Gasteiger partial charge in [0.15, 0.2) is 0 Å². The van der Waals surface area contributed by atoms with Crippen LogP contribution in [0.4, 0.5) is 0 Å². The van der Waals surface area contributed by atoms with Crippen molar-refractivity contribution >= 4 is 44.4 Å². The average Bonchev–Trinajstić information content (AvgIpc) is 2.39. The summed E-state index contributed by atoms with van der Waals surface area (Å²) in [5.74, 6) is -1.02. The van der Waals surface area contributed by atoms with Crippen LogP contribution in [-0.2, 0) is 7.05 Å². The number of aromatic nitrogens is 1. The maximum atomic E-state index is 11.0. The third kappa shape index (κ3) is 1.54. The monoisotopic (exact) mass is 287 g/mol. The molecule has 0 spiro atoms. The number of aromatic carboxylic acids is 1. The van der Waals surface area contributed by atoms with Gasteiger partial charge in [0.25, 0.3) is 0 Å². The highest BCUT2D eigenvalue weighted by Crippen LogP contribution is 2.31. The minimum atomic E-state index is -1.02. The molecular weight excluding hydrogens is 281 g/mol. The molecule has 1 N–H and O–H groups in total. The molecule has 2 aromatic rings. The Hall–Kier alpha value is -1.00. The van der Waals surface area contributed by atoms with Crippen LogP contribution in [0, 0.1) is 0 Å². The van der Waals surface area contributed by atoms with E-state index in [-0.39, 0.29) is 10.7 Å². The van der Waals surface area contributed by atoms with Gasteiger partial charge < -0.3 is 9.67 Å². The first kappa shape index (κ1) is 10.5. The molecule has 3 nitrogen and oxygen atoms in total. The molecule has 0 fully saturated rings. The molecule has 1 aromatic carbocycles. The van der Waals surface area contributed by atoms with Crippen molar-refractivity contribution in [2.24, 2.45) is 7.05 Å². The Bertz CT molecular complexity index is 562. The molecule has 5 heteroatoms. The number of carbonyl (C=O) groups is 1. The lowest BCUT2D eigenvalue weighted by Crippen LogP contribution is -2.04. The van der Waals surface area contributed by atoms with Crippen molar-refractivity contribution in [3.63, 3.8) is 0 Å². The average molecular weight is 289 g/mol. The normalized spacial score (nSPS) is 10.9. The molecule has 2 rings (SSSR count). The Labute approximate surface area is 99.4 Å². The van der Waals surface area contributed by atoms with E-state index in [0.29, 0.717) is 0 Å². The Morgan fingerprint density at radius 2 is 2.20 bits per heavy atom. The Morgan fingerprint density at radius 3 is 2.80 bits per heavy atom. The molecule has 0 aliphatic carbocycles. The van der Waals surface area contributed by atoms with Crippen LogP contribution in [0.3, 0.4) is 0 Å². The number of halogens is 2. The van der Waals surface area contributed by atoms with Crippen molar-refractivity contribution in [2.75, 3.05) is 0 Å². The molecular formula is C10H7BrClNO2. The van der Waals surface area contributed by atoms with Gasteiger partial charge in [0.05, 0.1) is 10.5 Å². The van der Waals surface area contributed by atoms with Gasteiger partial charge >= 0.3 is 5.97 Å². The van der Waals surface area contributed by atoms with Crippen molar-refractivity contribution in [3.05, 3.63) is 33.4 Å². The van der Waals surface area contributed by atoms with Crippen LogP contribution >= 0.6 is 27.5 Å². The lowest BCUT2D eigenvalue weighted by Gasteiger charge is -1.98. The zero-order chi connectivity index (χ0) is 11.2. The second kappa shape index (κ2) is 3.54. The summed E-state index contributed by atoms with van der Waals surface area (Å²) in [5.41, 5.74) is 0.913. The summed E-state index contributed by atoms with van der Waals surface area (Å²) < 4.78 is 2.47. The molecule has 0 atom stereocenters. The van der Waals surface area contributed by atoms with Crippen LogP contribution in [0.5, 0.6) is 0 Å². The third-order valence-corrected chi connectivity index (χ3v) is 3.18. The highest BCUT2D eigenvalue weighted by Gasteiger charge is 2.18. The summed E-state index contributed by atoms with van der Waals surface area (Å²) in [6.45, 7) is 0. The van der Waals surface area contributed by atoms with Gasteiger partial charge in [-0.3, -0.25) is 0 Å². The summed E-state index contributed by atoms with van der Waals surface area (Å²) in [6.07, 6.45) is 0. The van der Waals surface area contributed by atoms with E-state index in [1.54, 1.807) is 17.7 Å². The van der Waals surface area contributed by atoms with Crippen LogP contribution in [0.15, 0.2) is 22.7 Å². The molecule has 0 saturated heterocycles. The molecule has 1 aromatic heterocycles. The molecule has 0 amide bonds. The molecule has 0 saturated carbocycles. The van der Waals surface area contributed by atoms with E-state index in [1.165, 1.54) is 0 Å². The zero-order valence-electron chi connectivity index (χ0n) is 7.79. The van der Waals surface area contributed by atoms with E-state index >= 15 is 0 Å². The van der Waals surface area contributed by atoms with Crippen molar-refractivity contribution in [3.8, 4) is 0 Å². The number of hydrogen-bond donors (Lipinski definition) is 1. The second-order valence-electron chi connectivity index (χ2n) is 3.19. The van der Waals surface area contributed by atoms with Gasteiger partial charge in [-0.25, -0.2) is 4.79 Å². The number of aryl methyl sites for hydroxylation is 1. The summed E-state index contributed by atoms with van der Waals surface area (Å²) in [4.78, 5) is 11.0. The van der Waals surface area contributed by atoms with Gasteiger partial charge in [0.1, 0.15) is 5.69 Å². The first-order chi connectivity index (χ1) is 7.02. The minimum Gasteiger partial charge on any atom is -0.477 e. The maximum absolute atomic E-state index is 11.0. The largest absolute Gasteiger partial charge is 0.477 e. The van der Waals surface area contributed by atoms with Crippen LogP contribution in [0.25, 0.3) is 10.9 Å². The van der Waals surface area contributed by atoms with E-state index in [0.717, 1.165) is 15.4 Å². The number of hydrogen-bond acceptors (Lipinski definition) is 1. The fraction of sp³-hybridized carbons (Fsp3) is 0.100. The molecule has 0 aliphatic rings. The number of nitrogens with zero attached hydrogens (tertiary/aromatic N) is 1. The molecule has 0 radical (unpaired) electrons. The minimum absolute atomic E-state index is 0.116. The first-order valence-electron chi connectivity index (χ1n) is 4.19. The molecule has 78 valence electrons. The number of fused-ring (bicyclic) bond motifs is 1. The van der Waals surface area contributed by atoms with E-state index in [9.17, 15) is 4.79 Å². The highest BCUT2D eigenvalue weighted by molar-refractivity contribution is 9.10. The van der Waals surface area contributed by atoms with Crippen molar-refractivity contribution in [1.29, 1.82) is 0 Å². The van der Waals surface area contributed by atoms with Gasteiger partial charge in [0.2, 0.25) is 0 Å². The fourth-order valence-electron chi connectivity index (χ4n) is 1.60. The van der Waals surface area contributed by atoms with E-state index in [2.05, 4.69) is 15.9 Å². The quantitative estimate of drug-likeness (QED) is 0.875. The number of carboxylic acid groups (broad SMARTS) is 1. The summed E-state index contributed by atoms with van der Waals surface area (Å²) in [7, 11) is 1.68. The second-order valence-corrected chi connectivity index (χ2v) is 4.48.